The lowest BCUT2D eigenvalue weighted by molar-refractivity contribution is -0.121. The lowest BCUT2D eigenvalue weighted by Gasteiger charge is -2.28. The Morgan fingerprint density at radius 2 is 1.57 bits per heavy atom. The third-order valence-electron chi connectivity index (χ3n) is 4.31. The standard InChI is InChI=1S/C18H18FNO/c19-16-11-5-4-10-15(16)18(12-6-7-13-18)17(21)20-14-8-2-1-3-9-14/h1-5,8-11H,6-7,12-13H2,(H,20,21). The molecule has 1 aliphatic carbocycles. The summed E-state index contributed by atoms with van der Waals surface area (Å²) in [4.78, 5) is 12.8. The fourth-order valence-electron chi connectivity index (χ4n) is 3.22. The molecule has 1 fully saturated rings. The van der Waals surface area contributed by atoms with Gasteiger partial charge in [0.2, 0.25) is 5.91 Å². The molecule has 1 aliphatic rings. The van der Waals surface area contributed by atoms with Crippen molar-refractivity contribution >= 4 is 11.6 Å². The number of hydrogen-bond donors (Lipinski definition) is 1. The first-order valence-electron chi connectivity index (χ1n) is 7.34. The number of nitrogens with one attached hydrogen (secondary N) is 1. The van der Waals surface area contributed by atoms with Gasteiger partial charge in [-0.1, -0.05) is 49.2 Å². The van der Waals surface area contributed by atoms with Crippen LogP contribution in [0.5, 0.6) is 0 Å². The molecule has 2 aromatic carbocycles. The Morgan fingerprint density at radius 1 is 0.952 bits per heavy atom. The van der Waals surface area contributed by atoms with Crippen LogP contribution in [-0.2, 0) is 10.2 Å². The van der Waals surface area contributed by atoms with Crippen molar-refractivity contribution < 1.29 is 9.18 Å². The van der Waals surface area contributed by atoms with Crippen molar-refractivity contribution in [2.45, 2.75) is 31.1 Å². The van der Waals surface area contributed by atoms with Gasteiger partial charge >= 0.3 is 0 Å². The molecule has 2 aromatic rings. The van der Waals surface area contributed by atoms with Crippen LogP contribution < -0.4 is 5.32 Å². The Hall–Kier alpha value is -2.16. The second-order valence-corrected chi connectivity index (χ2v) is 5.59. The van der Waals surface area contributed by atoms with Crippen molar-refractivity contribution in [1.29, 1.82) is 0 Å². The molecular weight excluding hydrogens is 265 g/mol. The maximum absolute atomic E-state index is 14.2. The highest BCUT2D eigenvalue weighted by Gasteiger charge is 2.44. The summed E-state index contributed by atoms with van der Waals surface area (Å²) in [6, 6.07) is 16.0. The second kappa shape index (κ2) is 5.68. The SMILES string of the molecule is O=C(Nc1ccccc1)C1(c2ccccc2F)CCCC1. The highest BCUT2D eigenvalue weighted by molar-refractivity contribution is 5.99. The molecule has 1 N–H and O–H groups in total. The maximum atomic E-state index is 14.2. The Bertz CT molecular complexity index is 633. The van der Waals surface area contributed by atoms with Crippen molar-refractivity contribution in [2.24, 2.45) is 0 Å². The van der Waals surface area contributed by atoms with E-state index in [0.717, 1.165) is 18.5 Å². The molecule has 108 valence electrons. The van der Waals surface area contributed by atoms with Crippen molar-refractivity contribution in [3.63, 3.8) is 0 Å². The average molecular weight is 283 g/mol. The minimum atomic E-state index is -0.735. The van der Waals surface area contributed by atoms with E-state index in [2.05, 4.69) is 5.32 Å². The van der Waals surface area contributed by atoms with Crippen LogP contribution in [0.2, 0.25) is 0 Å². The number of benzene rings is 2. The first-order chi connectivity index (χ1) is 10.2. The van der Waals surface area contributed by atoms with Crippen molar-refractivity contribution in [2.75, 3.05) is 5.32 Å². The van der Waals surface area contributed by atoms with Gasteiger partial charge in [0.1, 0.15) is 5.82 Å². The molecular formula is C18H18FNO. The Morgan fingerprint density at radius 3 is 2.24 bits per heavy atom. The summed E-state index contributed by atoms with van der Waals surface area (Å²) in [6.45, 7) is 0. The summed E-state index contributed by atoms with van der Waals surface area (Å²) in [6.07, 6.45) is 3.31. The number of hydrogen-bond acceptors (Lipinski definition) is 1. The summed E-state index contributed by atoms with van der Waals surface area (Å²) < 4.78 is 14.2. The fourth-order valence-corrected chi connectivity index (χ4v) is 3.22. The van der Waals surface area contributed by atoms with Gasteiger partial charge < -0.3 is 5.32 Å². The minimum absolute atomic E-state index is 0.101. The predicted molar refractivity (Wildman–Crippen MR) is 81.6 cm³/mol. The third kappa shape index (κ3) is 2.56. The summed E-state index contributed by atoms with van der Waals surface area (Å²) in [5.74, 6) is -0.390. The number of carbonyl (C=O) groups excluding carboxylic acids is 1. The van der Waals surface area contributed by atoms with E-state index >= 15 is 0 Å². The van der Waals surface area contributed by atoms with E-state index in [4.69, 9.17) is 0 Å². The van der Waals surface area contributed by atoms with Crippen LogP contribution in [0.25, 0.3) is 0 Å². The number of para-hydroxylation sites is 1. The molecule has 0 bridgehead atoms. The van der Waals surface area contributed by atoms with E-state index < -0.39 is 5.41 Å². The molecule has 0 aromatic heterocycles. The number of amides is 1. The summed E-state index contributed by atoms with van der Waals surface area (Å²) in [5, 5.41) is 2.94. The average Bonchev–Trinajstić information content (AvgIpc) is 2.99. The van der Waals surface area contributed by atoms with Crippen molar-refractivity contribution in [3.8, 4) is 0 Å². The van der Waals surface area contributed by atoms with Crippen LogP contribution in [-0.4, -0.2) is 5.91 Å². The largest absolute Gasteiger partial charge is 0.325 e. The molecule has 0 heterocycles. The number of carbonyl (C=O) groups is 1. The first kappa shape index (κ1) is 13.8. The molecule has 0 saturated heterocycles. The van der Waals surface area contributed by atoms with Gasteiger partial charge in [0.05, 0.1) is 5.41 Å². The topological polar surface area (TPSA) is 29.1 Å². The van der Waals surface area contributed by atoms with Crippen LogP contribution in [0.1, 0.15) is 31.2 Å². The highest BCUT2D eigenvalue weighted by atomic mass is 19.1. The normalized spacial score (nSPS) is 16.6. The number of halogens is 1. The van der Waals surface area contributed by atoms with Gasteiger partial charge in [-0.15, -0.1) is 0 Å². The molecule has 21 heavy (non-hydrogen) atoms. The monoisotopic (exact) mass is 283 g/mol. The molecule has 1 amide bonds. The van der Waals surface area contributed by atoms with Crippen LogP contribution in [0.4, 0.5) is 10.1 Å². The van der Waals surface area contributed by atoms with Gasteiger partial charge in [-0.05, 0) is 31.0 Å². The van der Waals surface area contributed by atoms with E-state index in [1.54, 1.807) is 18.2 Å². The van der Waals surface area contributed by atoms with Crippen LogP contribution in [0.3, 0.4) is 0 Å². The van der Waals surface area contributed by atoms with E-state index in [1.165, 1.54) is 6.07 Å². The molecule has 0 spiro atoms. The maximum Gasteiger partial charge on any atom is 0.235 e. The molecule has 3 rings (SSSR count). The van der Waals surface area contributed by atoms with Gasteiger partial charge in [-0.25, -0.2) is 4.39 Å². The Balaban J connectivity index is 1.95. The van der Waals surface area contributed by atoms with Crippen LogP contribution in [0, 0.1) is 5.82 Å². The van der Waals surface area contributed by atoms with Gasteiger partial charge in [0.15, 0.2) is 0 Å². The summed E-state index contributed by atoms with van der Waals surface area (Å²) >= 11 is 0. The highest BCUT2D eigenvalue weighted by Crippen LogP contribution is 2.43. The van der Waals surface area contributed by atoms with Gasteiger partial charge in [0, 0.05) is 11.3 Å². The lowest BCUT2D eigenvalue weighted by Crippen LogP contribution is -2.38. The first-order valence-corrected chi connectivity index (χ1v) is 7.34. The molecule has 3 heteroatoms. The number of rotatable bonds is 3. The van der Waals surface area contributed by atoms with Gasteiger partial charge in [-0.2, -0.15) is 0 Å². The Labute approximate surface area is 124 Å². The van der Waals surface area contributed by atoms with E-state index in [-0.39, 0.29) is 11.7 Å². The van der Waals surface area contributed by atoms with E-state index in [0.29, 0.717) is 18.4 Å². The minimum Gasteiger partial charge on any atom is -0.325 e. The van der Waals surface area contributed by atoms with Crippen molar-refractivity contribution in [3.05, 3.63) is 66.0 Å². The summed E-state index contributed by atoms with van der Waals surface area (Å²) in [7, 11) is 0. The van der Waals surface area contributed by atoms with Gasteiger partial charge in [-0.3, -0.25) is 4.79 Å². The van der Waals surface area contributed by atoms with E-state index in [9.17, 15) is 9.18 Å². The molecule has 0 unspecified atom stereocenters. The van der Waals surface area contributed by atoms with Gasteiger partial charge in [0.25, 0.3) is 0 Å². The smallest absolute Gasteiger partial charge is 0.235 e. The quantitative estimate of drug-likeness (QED) is 0.895. The predicted octanol–water partition coefficient (Wildman–Crippen LogP) is 4.28. The fraction of sp³-hybridized carbons (Fsp3) is 0.278. The zero-order chi connectivity index (χ0) is 14.7. The molecule has 2 nitrogen and oxygen atoms in total. The van der Waals surface area contributed by atoms with Crippen LogP contribution in [0.15, 0.2) is 54.6 Å². The zero-order valence-electron chi connectivity index (χ0n) is 11.8. The molecule has 0 atom stereocenters. The van der Waals surface area contributed by atoms with Crippen LogP contribution >= 0.6 is 0 Å². The Kier molecular flexibility index (Phi) is 3.74. The molecule has 1 saturated carbocycles. The summed E-state index contributed by atoms with van der Waals surface area (Å²) in [5.41, 5.74) is 0.544. The van der Waals surface area contributed by atoms with E-state index in [1.807, 2.05) is 30.3 Å². The molecule has 0 aliphatic heterocycles. The van der Waals surface area contributed by atoms with Crippen molar-refractivity contribution in [1.82, 2.24) is 0 Å². The lowest BCUT2D eigenvalue weighted by atomic mass is 9.77. The zero-order valence-corrected chi connectivity index (χ0v) is 11.8. The molecule has 0 radical (unpaired) electrons. The number of anilines is 1. The third-order valence-corrected chi connectivity index (χ3v) is 4.31. The second-order valence-electron chi connectivity index (χ2n) is 5.59.